The average Bonchev–Trinajstić information content (AvgIpc) is 3.00. The van der Waals surface area contributed by atoms with Crippen LogP contribution in [0, 0.1) is 0 Å². The number of thiophene rings is 1. The number of alkyl halides is 3. The summed E-state index contributed by atoms with van der Waals surface area (Å²) in [5.41, 5.74) is 0.513. The fraction of sp³-hybridized carbons (Fsp3) is 0.214. The van der Waals surface area contributed by atoms with Gasteiger partial charge in [0.1, 0.15) is 17.0 Å². The molecule has 3 aromatic heterocycles. The minimum atomic E-state index is -4.41. The first-order valence-electron chi connectivity index (χ1n) is 6.58. The summed E-state index contributed by atoms with van der Waals surface area (Å²) in [7, 11) is 0. The molecule has 3 aromatic rings. The molecule has 0 amide bonds. The SMILES string of the molecule is FC(F)(F)COc1ncccc1CNc1ncnc2sccc12. The molecule has 0 unspecified atom stereocenters. The predicted molar refractivity (Wildman–Crippen MR) is 80.5 cm³/mol. The zero-order chi connectivity index (χ0) is 16.3. The number of nitrogens with zero attached hydrogens (tertiary/aromatic N) is 3. The summed E-state index contributed by atoms with van der Waals surface area (Å²) in [6.07, 6.45) is -1.58. The lowest BCUT2D eigenvalue weighted by molar-refractivity contribution is -0.154. The van der Waals surface area contributed by atoms with Gasteiger partial charge in [0.25, 0.3) is 0 Å². The number of halogens is 3. The van der Waals surface area contributed by atoms with Crippen LogP contribution in [-0.2, 0) is 6.54 Å². The Hall–Kier alpha value is -2.42. The number of fused-ring (bicyclic) bond motifs is 1. The second-order valence-corrected chi connectivity index (χ2v) is 5.48. The lowest BCUT2D eigenvalue weighted by atomic mass is 10.2. The third-order valence-electron chi connectivity index (χ3n) is 2.93. The van der Waals surface area contributed by atoms with E-state index in [4.69, 9.17) is 4.74 Å². The average molecular weight is 340 g/mol. The van der Waals surface area contributed by atoms with Gasteiger partial charge in [0.05, 0.1) is 5.39 Å². The molecule has 0 bridgehead atoms. The van der Waals surface area contributed by atoms with Gasteiger partial charge in [-0.2, -0.15) is 13.2 Å². The van der Waals surface area contributed by atoms with E-state index in [0.29, 0.717) is 11.4 Å². The number of rotatable bonds is 5. The molecule has 3 heterocycles. The standard InChI is InChI=1S/C14H11F3N4OS/c15-14(16,17)7-22-12-9(2-1-4-18-12)6-19-11-10-3-5-23-13(10)21-8-20-11/h1-5,8H,6-7H2,(H,19,20,21). The van der Waals surface area contributed by atoms with E-state index in [1.165, 1.54) is 23.9 Å². The second kappa shape index (κ2) is 6.37. The number of pyridine rings is 1. The molecule has 23 heavy (non-hydrogen) atoms. The zero-order valence-electron chi connectivity index (χ0n) is 11.7. The maximum absolute atomic E-state index is 12.3. The Labute approximate surface area is 133 Å². The summed E-state index contributed by atoms with van der Waals surface area (Å²) in [4.78, 5) is 13.0. The number of anilines is 1. The molecule has 0 radical (unpaired) electrons. The molecule has 0 saturated heterocycles. The molecule has 0 aromatic carbocycles. The molecule has 0 saturated carbocycles. The van der Waals surface area contributed by atoms with Crippen LogP contribution in [0.4, 0.5) is 19.0 Å². The van der Waals surface area contributed by atoms with Gasteiger partial charge in [0, 0.05) is 18.3 Å². The highest BCUT2D eigenvalue weighted by Gasteiger charge is 2.29. The zero-order valence-corrected chi connectivity index (χ0v) is 12.5. The van der Waals surface area contributed by atoms with Crippen LogP contribution in [0.1, 0.15) is 5.56 Å². The number of hydrogen-bond acceptors (Lipinski definition) is 6. The largest absolute Gasteiger partial charge is 0.468 e. The molecule has 120 valence electrons. The summed E-state index contributed by atoms with van der Waals surface area (Å²) in [5.74, 6) is 0.565. The molecule has 0 atom stereocenters. The van der Waals surface area contributed by atoms with Crippen molar-refractivity contribution in [3.8, 4) is 5.88 Å². The summed E-state index contributed by atoms with van der Waals surface area (Å²) >= 11 is 1.48. The monoisotopic (exact) mass is 340 g/mol. The lowest BCUT2D eigenvalue weighted by Crippen LogP contribution is -2.20. The fourth-order valence-corrected chi connectivity index (χ4v) is 2.68. The van der Waals surface area contributed by atoms with Crippen molar-refractivity contribution in [1.29, 1.82) is 0 Å². The molecular weight excluding hydrogens is 329 g/mol. The van der Waals surface area contributed by atoms with Gasteiger partial charge >= 0.3 is 6.18 Å². The van der Waals surface area contributed by atoms with Crippen molar-refractivity contribution in [2.24, 2.45) is 0 Å². The minimum Gasteiger partial charge on any atom is -0.468 e. The van der Waals surface area contributed by atoms with Crippen LogP contribution in [0.3, 0.4) is 0 Å². The predicted octanol–water partition coefficient (Wildman–Crippen LogP) is 3.64. The van der Waals surface area contributed by atoms with Crippen molar-refractivity contribution in [2.75, 3.05) is 11.9 Å². The van der Waals surface area contributed by atoms with Crippen molar-refractivity contribution in [1.82, 2.24) is 15.0 Å². The first kappa shape index (κ1) is 15.5. The highest BCUT2D eigenvalue weighted by Crippen LogP contribution is 2.25. The lowest BCUT2D eigenvalue weighted by Gasteiger charge is -2.12. The first-order chi connectivity index (χ1) is 11.0. The molecule has 0 fully saturated rings. The number of aromatic nitrogens is 3. The van der Waals surface area contributed by atoms with Gasteiger partial charge in [0.2, 0.25) is 5.88 Å². The van der Waals surface area contributed by atoms with Crippen LogP contribution in [0.2, 0.25) is 0 Å². The van der Waals surface area contributed by atoms with E-state index in [1.54, 1.807) is 12.1 Å². The van der Waals surface area contributed by atoms with Gasteiger partial charge in [-0.1, -0.05) is 6.07 Å². The molecule has 9 heteroatoms. The minimum absolute atomic E-state index is 0.0482. The Morgan fingerprint density at radius 2 is 2.04 bits per heavy atom. The quantitative estimate of drug-likeness (QED) is 0.768. The number of nitrogens with one attached hydrogen (secondary N) is 1. The molecule has 0 aliphatic heterocycles. The Balaban J connectivity index is 1.74. The van der Waals surface area contributed by atoms with Gasteiger partial charge < -0.3 is 10.1 Å². The van der Waals surface area contributed by atoms with E-state index < -0.39 is 12.8 Å². The maximum Gasteiger partial charge on any atom is 0.422 e. The highest BCUT2D eigenvalue weighted by molar-refractivity contribution is 7.16. The van der Waals surface area contributed by atoms with E-state index in [9.17, 15) is 13.2 Å². The summed E-state index contributed by atoms with van der Waals surface area (Å²) in [6, 6.07) is 5.17. The van der Waals surface area contributed by atoms with Crippen molar-refractivity contribution in [3.05, 3.63) is 41.7 Å². The molecule has 3 rings (SSSR count). The maximum atomic E-state index is 12.3. The summed E-state index contributed by atoms with van der Waals surface area (Å²) < 4.78 is 41.6. The van der Waals surface area contributed by atoms with E-state index >= 15 is 0 Å². The molecular formula is C14H11F3N4OS. The second-order valence-electron chi connectivity index (χ2n) is 4.59. The van der Waals surface area contributed by atoms with Crippen LogP contribution in [0.5, 0.6) is 5.88 Å². The molecule has 0 aliphatic carbocycles. The molecule has 0 aliphatic rings. The van der Waals surface area contributed by atoms with Gasteiger partial charge in [-0.3, -0.25) is 0 Å². The summed E-state index contributed by atoms with van der Waals surface area (Å²) in [6.45, 7) is -1.14. The Kier molecular flexibility index (Phi) is 4.28. The molecule has 1 N–H and O–H groups in total. The third-order valence-corrected chi connectivity index (χ3v) is 3.75. The van der Waals surface area contributed by atoms with Crippen molar-refractivity contribution < 1.29 is 17.9 Å². The highest BCUT2D eigenvalue weighted by atomic mass is 32.1. The van der Waals surface area contributed by atoms with Crippen LogP contribution in [-0.4, -0.2) is 27.7 Å². The Bertz CT molecular complexity index is 806. The Morgan fingerprint density at radius 3 is 2.87 bits per heavy atom. The normalized spacial score (nSPS) is 11.6. The van der Waals surface area contributed by atoms with Gasteiger partial charge in [-0.25, -0.2) is 15.0 Å². The Morgan fingerprint density at radius 1 is 1.17 bits per heavy atom. The van der Waals surface area contributed by atoms with Gasteiger partial charge in [-0.15, -0.1) is 11.3 Å². The third kappa shape index (κ3) is 3.86. The smallest absolute Gasteiger partial charge is 0.422 e. The van der Waals surface area contributed by atoms with Crippen molar-refractivity contribution in [2.45, 2.75) is 12.7 Å². The van der Waals surface area contributed by atoms with Crippen molar-refractivity contribution >= 4 is 27.4 Å². The van der Waals surface area contributed by atoms with Gasteiger partial charge in [0.15, 0.2) is 6.61 Å². The van der Waals surface area contributed by atoms with Crippen LogP contribution in [0.25, 0.3) is 10.2 Å². The first-order valence-corrected chi connectivity index (χ1v) is 7.46. The van der Waals surface area contributed by atoms with E-state index in [1.807, 2.05) is 11.4 Å². The topological polar surface area (TPSA) is 59.9 Å². The molecule has 5 nitrogen and oxygen atoms in total. The number of ether oxygens (including phenoxy) is 1. The van der Waals surface area contributed by atoms with E-state index in [-0.39, 0.29) is 12.4 Å². The number of hydrogen-bond donors (Lipinski definition) is 1. The van der Waals surface area contributed by atoms with Crippen LogP contribution in [0.15, 0.2) is 36.1 Å². The van der Waals surface area contributed by atoms with Crippen LogP contribution >= 0.6 is 11.3 Å². The molecule has 0 spiro atoms. The fourth-order valence-electron chi connectivity index (χ4n) is 1.95. The van der Waals surface area contributed by atoms with Crippen molar-refractivity contribution in [3.63, 3.8) is 0 Å². The van der Waals surface area contributed by atoms with E-state index in [0.717, 1.165) is 10.2 Å². The van der Waals surface area contributed by atoms with E-state index in [2.05, 4.69) is 20.3 Å². The van der Waals surface area contributed by atoms with Gasteiger partial charge in [-0.05, 0) is 17.5 Å². The van der Waals surface area contributed by atoms with Crippen LogP contribution < -0.4 is 10.1 Å². The summed E-state index contributed by atoms with van der Waals surface area (Å²) in [5, 5.41) is 5.84.